The van der Waals surface area contributed by atoms with Gasteiger partial charge in [-0.05, 0) is 38.5 Å². The molecule has 0 aliphatic rings. The summed E-state index contributed by atoms with van der Waals surface area (Å²) in [6, 6.07) is 6.96. The molecule has 0 aliphatic carbocycles. The average molecular weight is 264 g/mol. The van der Waals surface area contributed by atoms with Crippen LogP contribution in [0.15, 0.2) is 29.6 Å². The van der Waals surface area contributed by atoms with Crippen molar-refractivity contribution in [1.82, 2.24) is 10.3 Å². The normalized spacial score (nSPS) is 14.4. The molecule has 0 fully saturated rings. The molecular weight excluding hydrogens is 247 g/mol. The van der Waals surface area contributed by atoms with Gasteiger partial charge in [0.15, 0.2) is 0 Å². The minimum Gasteiger partial charge on any atom is -0.302 e. The number of nitrogens with zero attached hydrogens (tertiary/aromatic N) is 1. The van der Waals surface area contributed by atoms with Gasteiger partial charge in [0.2, 0.25) is 0 Å². The van der Waals surface area contributed by atoms with Crippen molar-refractivity contribution in [3.63, 3.8) is 0 Å². The third kappa shape index (κ3) is 3.15. The Morgan fingerprint density at radius 3 is 2.39 bits per heavy atom. The highest BCUT2D eigenvalue weighted by molar-refractivity contribution is 7.09. The van der Waals surface area contributed by atoms with E-state index < -0.39 is 0 Å². The number of nitrogens with one attached hydrogen (secondary N) is 1. The predicted molar refractivity (Wildman–Crippen MR) is 73.2 cm³/mol. The van der Waals surface area contributed by atoms with Crippen molar-refractivity contribution in [2.75, 3.05) is 0 Å². The van der Waals surface area contributed by atoms with Gasteiger partial charge < -0.3 is 5.32 Å². The quantitative estimate of drug-likeness (QED) is 0.902. The largest absolute Gasteiger partial charge is 0.302 e. The second kappa shape index (κ2) is 5.59. The second-order valence-corrected chi connectivity index (χ2v) is 5.52. The topological polar surface area (TPSA) is 24.9 Å². The number of aromatic nitrogens is 1. The van der Waals surface area contributed by atoms with E-state index in [9.17, 15) is 4.39 Å². The van der Waals surface area contributed by atoms with Crippen molar-refractivity contribution in [3.05, 3.63) is 51.7 Å². The van der Waals surface area contributed by atoms with Crippen LogP contribution >= 0.6 is 11.3 Å². The lowest BCUT2D eigenvalue weighted by Gasteiger charge is -2.19. The zero-order valence-electron chi connectivity index (χ0n) is 10.8. The summed E-state index contributed by atoms with van der Waals surface area (Å²) in [6.07, 6.45) is 0. The highest BCUT2D eigenvalue weighted by atomic mass is 32.1. The summed E-state index contributed by atoms with van der Waals surface area (Å²) in [5, 5.41) is 6.62. The van der Waals surface area contributed by atoms with Crippen LogP contribution in [0.1, 0.15) is 42.2 Å². The number of halogens is 1. The summed E-state index contributed by atoms with van der Waals surface area (Å²) in [7, 11) is 0. The highest BCUT2D eigenvalue weighted by Crippen LogP contribution is 2.20. The van der Waals surface area contributed by atoms with Crippen LogP contribution in [-0.4, -0.2) is 4.98 Å². The lowest BCUT2D eigenvalue weighted by molar-refractivity contribution is 0.487. The molecule has 1 aromatic heterocycles. The van der Waals surface area contributed by atoms with E-state index in [4.69, 9.17) is 0 Å². The Morgan fingerprint density at radius 2 is 1.83 bits per heavy atom. The van der Waals surface area contributed by atoms with Crippen molar-refractivity contribution in [1.29, 1.82) is 0 Å². The Hall–Kier alpha value is -1.26. The van der Waals surface area contributed by atoms with Crippen LogP contribution in [0.25, 0.3) is 0 Å². The van der Waals surface area contributed by atoms with Crippen LogP contribution in [0.5, 0.6) is 0 Å². The summed E-state index contributed by atoms with van der Waals surface area (Å²) >= 11 is 1.66. The van der Waals surface area contributed by atoms with Crippen molar-refractivity contribution in [3.8, 4) is 0 Å². The zero-order chi connectivity index (χ0) is 13.1. The summed E-state index contributed by atoms with van der Waals surface area (Å²) in [5.74, 6) is -0.200. The molecule has 1 heterocycles. The number of thiazole rings is 1. The van der Waals surface area contributed by atoms with Crippen molar-refractivity contribution >= 4 is 11.3 Å². The third-order valence-electron chi connectivity index (χ3n) is 2.95. The molecule has 0 radical (unpaired) electrons. The lowest BCUT2D eigenvalue weighted by atomic mass is 10.1. The van der Waals surface area contributed by atoms with Crippen molar-refractivity contribution < 1.29 is 4.39 Å². The second-order valence-electron chi connectivity index (χ2n) is 4.45. The standard InChI is InChI=1S/C14H17FN2S/c1-9(12-4-6-13(15)7-5-12)16-10(2)14-8-18-11(3)17-14/h4-10,16H,1-3H3. The summed E-state index contributed by atoms with van der Waals surface area (Å²) < 4.78 is 12.9. The summed E-state index contributed by atoms with van der Waals surface area (Å²) in [5.41, 5.74) is 2.14. The van der Waals surface area contributed by atoms with Gasteiger partial charge in [-0.25, -0.2) is 9.37 Å². The van der Waals surface area contributed by atoms with Crippen LogP contribution in [-0.2, 0) is 0 Å². The SMILES string of the molecule is Cc1nc(C(C)NC(C)c2ccc(F)cc2)cs1. The van der Waals surface area contributed by atoms with Crippen LogP contribution in [0.4, 0.5) is 4.39 Å². The number of benzene rings is 1. The number of hydrogen-bond donors (Lipinski definition) is 1. The first-order chi connectivity index (χ1) is 8.56. The molecule has 2 aromatic rings. The van der Waals surface area contributed by atoms with Gasteiger partial charge in [-0.2, -0.15) is 0 Å². The maximum atomic E-state index is 12.9. The maximum absolute atomic E-state index is 12.9. The van der Waals surface area contributed by atoms with Gasteiger partial charge in [-0.1, -0.05) is 12.1 Å². The smallest absolute Gasteiger partial charge is 0.123 e. The van der Waals surface area contributed by atoms with Crippen molar-refractivity contribution in [2.24, 2.45) is 0 Å². The number of aryl methyl sites for hydroxylation is 1. The molecular formula is C14H17FN2S. The van der Waals surface area contributed by atoms with Crippen LogP contribution in [0.3, 0.4) is 0 Å². The first-order valence-corrected chi connectivity index (χ1v) is 6.88. The monoisotopic (exact) mass is 264 g/mol. The van der Waals surface area contributed by atoms with Gasteiger partial charge in [-0.15, -0.1) is 11.3 Å². The predicted octanol–water partition coefficient (Wildman–Crippen LogP) is 4.00. The highest BCUT2D eigenvalue weighted by Gasteiger charge is 2.13. The number of hydrogen-bond acceptors (Lipinski definition) is 3. The Morgan fingerprint density at radius 1 is 1.17 bits per heavy atom. The molecule has 96 valence electrons. The molecule has 2 atom stereocenters. The molecule has 1 N–H and O–H groups in total. The average Bonchev–Trinajstić information content (AvgIpc) is 2.76. The summed E-state index contributed by atoms with van der Waals surface area (Å²) in [6.45, 7) is 6.17. The van der Waals surface area contributed by atoms with Gasteiger partial charge in [-0.3, -0.25) is 0 Å². The van der Waals surface area contributed by atoms with E-state index in [1.807, 2.05) is 19.1 Å². The maximum Gasteiger partial charge on any atom is 0.123 e. The van der Waals surface area contributed by atoms with Crippen LogP contribution in [0.2, 0.25) is 0 Å². The molecule has 2 nitrogen and oxygen atoms in total. The third-order valence-corrected chi connectivity index (χ3v) is 3.74. The molecule has 0 aliphatic heterocycles. The van der Waals surface area contributed by atoms with E-state index >= 15 is 0 Å². The van der Waals surface area contributed by atoms with E-state index in [2.05, 4.69) is 29.5 Å². The van der Waals surface area contributed by atoms with E-state index in [1.54, 1.807) is 11.3 Å². The van der Waals surface area contributed by atoms with E-state index in [0.29, 0.717) is 0 Å². The molecule has 2 unspecified atom stereocenters. The fourth-order valence-electron chi connectivity index (χ4n) is 1.89. The van der Waals surface area contributed by atoms with Gasteiger partial charge >= 0.3 is 0 Å². The fraction of sp³-hybridized carbons (Fsp3) is 0.357. The van der Waals surface area contributed by atoms with Crippen molar-refractivity contribution in [2.45, 2.75) is 32.9 Å². The van der Waals surface area contributed by atoms with Gasteiger partial charge in [0.25, 0.3) is 0 Å². The Balaban J connectivity index is 2.02. The first-order valence-electron chi connectivity index (χ1n) is 6.00. The Bertz CT molecular complexity index is 507. The fourth-order valence-corrected chi connectivity index (χ4v) is 2.59. The lowest BCUT2D eigenvalue weighted by Crippen LogP contribution is -2.22. The molecule has 1 aromatic carbocycles. The molecule has 0 spiro atoms. The Kier molecular flexibility index (Phi) is 4.09. The molecule has 4 heteroatoms. The minimum atomic E-state index is -0.200. The van der Waals surface area contributed by atoms with Crippen LogP contribution < -0.4 is 5.32 Å². The molecule has 0 saturated heterocycles. The van der Waals surface area contributed by atoms with Crippen LogP contribution in [0, 0.1) is 12.7 Å². The van der Waals surface area contributed by atoms with E-state index in [0.717, 1.165) is 16.3 Å². The molecule has 0 bridgehead atoms. The molecule has 0 amide bonds. The van der Waals surface area contributed by atoms with E-state index in [-0.39, 0.29) is 17.9 Å². The zero-order valence-corrected chi connectivity index (χ0v) is 11.6. The Labute approximate surface area is 111 Å². The first kappa shape index (κ1) is 13.2. The number of rotatable bonds is 4. The molecule has 0 saturated carbocycles. The van der Waals surface area contributed by atoms with E-state index in [1.165, 1.54) is 12.1 Å². The molecule has 2 rings (SSSR count). The van der Waals surface area contributed by atoms with Gasteiger partial charge in [0.1, 0.15) is 5.82 Å². The van der Waals surface area contributed by atoms with Gasteiger partial charge in [0.05, 0.1) is 10.7 Å². The minimum absolute atomic E-state index is 0.169. The summed E-state index contributed by atoms with van der Waals surface area (Å²) in [4.78, 5) is 4.47. The van der Waals surface area contributed by atoms with Gasteiger partial charge in [0, 0.05) is 17.5 Å². The molecule has 18 heavy (non-hydrogen) atoms.